The number of fused-ring (bicyclic) bond motifs is 1. The molecule has 0 bridgehead atoms. The molecule has 1 aromatic rings. The molecule has 1 heterocycles. The van der Waals surface area contributed by atoms with E-state index >= 15 is 0 Å². The van der Waals surface area contributed by atoms with Gasteiger partial charge in [-0.1, -0.05) is 0 Å². The Kier molecular flexibility index (Phi) is 2.83. The number of aliphatic hydroxyl groups excluding tert-OH is 1. The molecule has 1 aliphatic rings. The Hall–Kier alpha value is -1.55. The number of rotatable bonds is 3. The predicted molar refractivity (Wildman–Crippen MR) is 57.2 cm³/mol. The van der Waals surface area contributed by atoms with E-state index in [1.54, 1.807) is 19.1 Å². The van der Waals surface area contributed by atoms with Crippen LogP contribution in [0.2, 0.25) is 0 Å². The van der Waals surface area contributed by atoms with E-state index in [1.807, 2.05) is 0 Å². The number of hydrogen-bond acceptors (Lipinski definition) is 4. The third kappa shape index (κ3) is 2.02. The second kappa shape index (κ2) is 4.14. The zero-order valence-corrected chi connectivity index (χ0v) is 9.01. The molecule has 2 rings (SSSR count). The lowest BCUT2D eigenvalue weighted by Gasteiger charge is -2.11. The van der Waals surface area contributed by atoms with Crippen LogP contribution in [0.25, 0.3) is 0 Å². The van der Waals surface area contributed by atoms with Crippen LogP contribution in [0.3, 0.4) is 0 Å². The first kappa shape index (κ1) is 11.0. The van der Waals surface area contributed by atoms with Crippen LogP contribution in [-0.4, -0.2) is 22.3 Å². The Morgan fingerprint density at radius 3 is 2.94 bits per heavy atom. The summed E-state index contributed by atoms with van der Waals surface area (Å²) in [5.74, 6) is -0.232. The molecule has 0 saturated carbocycles. The van der Waals surface area contributed by atoms with E-state index in [2.05, 4.69) is 0 Å². The summed E-state index contributed by atoms with van der Waals surface area (Å²) in [7, 11) is 0. The summed E-state index contributed by atoms with van der Waals surface area (Å²) in [6.45, 7) is 1.69. The lowest BCUT2D eigenvalue weighted by atomic mass is 10.0. The van der Waals surface area contributed by atoms with Gasteiger partial charge in [0.1, 0.15) is 11.9 Å². The van der Waals surface area contributed by atoms with Gasteiger partial charge in [0.25, 0.3) is 0 Å². The number of aliphatic hydroxyl groups is 1. The number of phenolic OH excluding ortho intramolecular Hbond substituents is 1. The van der Waals surface area contributed by atoms with Gasteiger partial charge in [-0.3, -0.25) is 0 Å². The maximum atomic E-state index is 11.5. The van der Waals surface area contributed by atoms with Crippen LogP contribution in [-0.2, 0) is 4.74 Å². The Bertz CT molecular complexity index is 411. The van der Waals surface area contributed by atoms with Gasteiger partial charge >= 0.3 is 5.97 Å². The summed E-state index contributed by atoms with van der Waals surface area (Å²) < 4.78 is 5.18. The maximum absolute atomic E-state index is 11.5. The van der Waals surface area contributed by atoms with Gasteiger partial charge in [0, 0.05) is 5.56 Å². The van der Waals surface area contributed by atoms with Crippen LogP contribution in [0.4, 0.5) is 0 Å². The van der Waals surface area contributed by atoms with Gasteiger partial charge in [-0.15, -0.1) is 0 Å². The molecule has 4 nitrogen and oxygen atoms in total. The lowest BCUT2D eigenvalue weighted by molar-refractivity contribution is 0.0332. The molecule has 2 unspecified atom stereocenters. The van der Waals surface area contributed by atoms with E-state index < -0.39 is 6.10 Å². The molecule has 0 spiro atoms. The van der Waals surface area contributed by atoms with Gasteiger partial charge in [0.05, 0.1) is 11.7 Å². The highest BCUT2D eigenvalue weighted by molar-refractivity contribution is 5.94. The van der Waals surface area contributed by atoms with E-state index in [0.717, 1.165) is 0 Å². The fourth-order valence-corrected chi connectivity index (χ4v) is 1.87. The number of esters is 1. The Morgan fingerprint density at radius 1 is 1.50 bits per heavy atom. The number of benzene rings is 1. The molecular formula is C12H14O4. The topological polar surface area (TPSA) is 66.8 Å². The van der Waals surface area contributed by atoms with Crippen molar-refractivity contribution in [2.45, 2.75) is 32.0 Å². The summed E-state index contributed by atoms with van der Waals surface area (Å²) in [6, 6.07) is 4.58. The SMILES string of the molecule is CC(O)CCC1OC(=O)c2ccc(O)cc21. The average Bonchev–Trinajstić information content (AvgIpc) is 2.52. The fraction of sp³-hybridized carbons (Fsp3) is 0.417. The Balaban J connectivity index is 2.21. The van der Waals surface area contributed by atoms with Crippen LogP contribution >= 0.6 is 0 Å². The van der Waals surface area contributed by atoms with Crippen molar-refractivity contribution in [3.05, 3.63) is 29.3 Å². The van der Waals surface area contributed by atoms with Crippen LogP contribution in [0, 0.1) is 0 Å². The first-order valence-corrected chi connectivity index (χ1v) is 5.30. The highest BCUT2D eigenvalue weighted by Gasteiger charge is 2.30. The summed E-state index contributed by atoms with van der Waals surface area (Å²) in [4.78, 5) is 11.5. The second-order valence-corrected chi connectivity index (χ2v) is 4.09. The zero-order chi connectivity index (χ0) is 11.7. The molecule has 0 amide bonds. The van der Waals surface area contributed by atoms with Gasteiger partial charge in [-0.2, -0.15) is 0 Å². The molecule has 2 atom stereocenters. The van der Waals surface area contributed by atoms with Crippen LogP contribution in [0.1, 0.15) is 41.8 Å². The predicted octanol–water partition coefficient (Wildman–Crippen LogP) is 1.76. The molecule has 86 valence electrons. The van der Waals surface area contributed by atoms with Crippen molar-refractivity contribution in [3.63, 3.8) is 0 Å². The van der Waals surface area contributed by atoms with Crippen molar-refractivity contribution >= 4 is 5.97 Å². The average molecular weight is 222 g/mol. The molecule has 2 N–H and O–H groups in total. The number of carbonyl (C=O) groups is 1. The van der Waals surface area contributed by atoms with Crippen molar-refractivity contribution in [2.24, 2.45) is 0 Å². The van der Waals surface area contributed by atoms with Crippen molar-refractivity contribution < 1.29 is 19.7 Å². The van der Waals surface area contributed by atoms with Gasteiger partial charge in [0.2, 0.25) is 0 Å². The molecular weight excluding hydrogens is 208 g/mol. The highest BCUT2D eigenvalue weighted by Crippen LogP contribution is 2.35. The normalized spacial score (nSPS) is 20.4. The molecule has 0 fully saturated rings. The molecule has 1 aliphatic heterocycles. The van der Waals surface area contributed by atoms with E-state index in [0.29, 0.717) is 24.0 Å². The first-order chi connectivity index (χ1) is 7.58. The maximum Gasteiger partial charge on any atom is 0.339 e. The summed E-state index contributed by atoms with van der Waals surface area (Å²) in [5.41, 5.74) is 1.22. The Labute approximate surface area is 93.5 Å². The second-order valence-electron chi connectivity index (χ2n) is 4.09. The molecule has 4 heteroatoms. The molecule has 16 heavy (non-hydrogen) atoms. The third-order valence-electron chi connectivity index (χ3n) is 2.70. The van der Waals surface area contributed by atoms with Crippen molar-refractivity contribution in [2.75, 3.05) is 0 Å². The fourth-order valence-electron chi connectivity index (χ4n) is 1.87. The zero-order valence-electron chi connectivity index (χ0n) is 9.01. The minimum absolute atomic E-state index is 0.124. The van der Waals surface area contributed by atoms with Crippen LogP contribution in [0.15, 0.2) is 18.2 Å². The Morgan fingerprint density at radius 2 is 2.25 bits per heavy atom. The van der Waals surface area contributed by atoms with E-state index in [9.17, 15) is 15.0 Å². The standard InChI is InChI=1S/C12H14O4/c1-7(13)2-5-11-10-6-8(14)3-4-9(10)12(15)16-11/h3-4,6-7,11,13-14H,2,5H2,1H3. The van der Waals surface area contributed by atoms with Gasteiger partial charge < -0.3 is 14.9 Å². The number of phenols is 1. The van der Waals surface area contributed by atoms with Gasteiger partial charge in [-0.25, -0.2) is 4.79 Å². The number of cyclic esters (lactones) is 1. The summed E-state index contributed by atoms with van der Waals surface area (Å²) in [6.07, 6.45) is 0.372. The molecule has 0 radical (unpaired) electrons. The third-order valence-corrected chi connectivity index (χ3v) is 2.70. The number of aromatic hydroxyl groups is 1. The number of carbonyl (C=O) groups excluding carboxylic acids is 1. The van der Waals surface area contributed by atoms with Crippen LogP contribution < -0.4 is 0 Å². The number of hydrogen-bond donors (Lipinski definition) is 2. The molecule has 1 aromatic carbocycles. The van der Waals surface area contributed by atoms with Crippen molar-refractivity contribution in [1.82, 2.24) is 0 Å². The smallest absolute Gasteiger partial charge is 0.339 e. The van der Waals surface area contributed by atoms with E-state index in [4.69, 9.17) is 4.74 Å². The molecule has 0 saturated heterocycles. The van der Waals surface area contributed by atoms with Crippen LogP contribution in [0.5, 0.6) is 5.75 Å². The van der Waals surface area contributed by atoms with Crippen molar-refractivity contribution in [3.8, 4) is 5.75 Å². The minimum atomic E-state index is -0.417. The van der Waals surface area contributed by atoms with E-state index in [-0.39, 0.29) is 17.8 Å². The molecule has 0 aliphatic carbocycles. The summed E-state index contributed by atoms with van der Waals surface area (Å²) in [5, 5.41) is 18.6. The first-order valence-electron chi connectivity index (χ1n) is 5.30. The van der Waals surface area contributed by atoms with E-state index in [1.165, 1.54) is 6.07 Å². The quantitative estimate of drug-likeness (QED) is 0.765. The minimum Gasteiger partial charge on any atom is -0.508 e. The largest absolute Gasteiger partial charge is 0.508 e. The van der Waals surface area contributed by atoms with Crippen molar-refractivity contribution in [1.29, 1.82) is 0 Å². The number of ether oxygens (including phenoxy) is 1. The lowest BCUT2D eigenvalue weighted by Crippen LogP contribution is -2.05. The molecule has 0 aromatic heterocycles. The summed E-state index contributed by atoms with van der Waals surface area (Å²) >= 11 is 0. The highest BCUT2D eigenvalue weighted by atomic mass is 16.5. The van der Waals surface area contributed by atoms with Gasteiger partial charge in [-0.05, 0) is 38.0 Å². The van der Waals surface area contributed by atoms with Gasteiger partial charge in [0.15, 0.2) is 0 Å². The monoisotopic (exact) mass is 222 g/mol.